The van der Waals surface area contributed by atoms with Crippen LogP contribution in [0.3, 0.4) is 0 Å². The standard InChI is InChI=1S/C34H31F2N3O6/c1-19-14-22(35)7-8-23(19)31-20(2)39(3)18-24(33(31)41)27(40)16-21-6-9-28(25(36)15-21)45-29-10-11-37-26-17-30(43-5)34(38-32(26)29)44-13-12-42-4/h6-11,14-15,17-18H,12-13,16H2,1-5H3. The van der Waals surface area contributed by atoms with Crippen LogP contribution in [0.15, 0.2) is 65.7 Å². The second-order valence-electron chi connectivity index (χ2n) is 10.4. The summed E-state index contributed by atoms with van der Waals surface area (Å²) >= 11 is 0. The van der Waals surface area contributed by atoms with Crippen molar-refractivity contribution in [3.63, 3.8) is 0 Å². The molecule has 0 amide bonds. The molecular weight excluding hydrogens is 584 g/mol. The summed E-state index contributed by atoms with van der Waals surface area (Å²) in [5.74, 6) is -0.912. The maximum atomic E-state index is 15.3. The van der Waals surface area contributed by atoms with Crippen LogP contribution in [-0.2, 0) is 18.2 Å². The van der Waals surface area contributed by atoms with Crippen molar-refractivity contribution < 1.29 is 32.5 Å². The lowest BCUT2D eigenvalue weighted by Crippen LogP contribution is -2.23. The van der Waals surface area contributed by atoms with Crippen molar-refractivity contribution >= 4 is 16.8 Å². The van der Waals surface area contributed by atoms with E-state index in [0.29, 0.717) is 51.3 Å². The number of nitrogens with zero attached hydrogens (tertiary/aromatic N) is 3. The molecule has 0 saturated carbocycles. The van der Waals surface area contributed by atoms with E-state index < -0.39 is 22.8 Å². The smallest absolute Gasteiger partial charge is 0.257 e. The Hall–Kier alpha value is -5.16. The van der Waals surface area contributed by atoms with Crippen LogP contribution in [0, 0.1) is 25.5 Å². The first kappa shape index (κ1) is 31.3. The van der Waals surface area contributed by atoms with Gasteiger partial charge >= 0.3 is 0 Å². The largest absolute Gasteiger partial charge is 0.491 e. The van der Waals surface area contributed by atoms with Crippen LogP contribution in [0.2, 0.25) is 0 Å². The molecule has 0 unspecified atom stereocenters. The fraction of sp³-hybridized carbons (Fsp3) is 0.235. The number of rotatable bonds is 11. The minimum absolute atomic E-state index is 0.0455. The Morgan fingerprint density at radius 3 is 2.47 bits per heavy atom. The van der Waals surface area contributed by atoms with Crippen LogP contribution < -0.4 is 19.6 Å². The number of aryl methyl sites for hydroxylation is 2. The number of benzene rings is 2. The zero-order valence-corrected chi connectivity index (χ0v) is 25.4. The summed E-state index contributed by atoms with van der Waals surface area (Å²) in [5.41, 5.74) is 2.67. The van der Waals surface area contributed by atoms with Gasteiger partial charge in [-0.1, -0.05) is 12.1 Å². The van der Waals surface area contributed by atoms with Gasteiger partial charge in [0.2, 0.25) is 0 Å². The highest BCUT2D eigenvalue weighted by atomic mass is 19.1. The number of ketones is 1. The fourth-order valence-corrected chi connectivity index (χ4v) is 4.95. The van der Waals surface area contributed by atoms with Crippen LogP contribution >= 0.6 is 0 Å². The van der Waals surface area contributed by atoms with Gasteiger partial charge in [-0.25, -0.2) is 13.8 Å². The molecule has 0 fully saturated rings. The number of ether oxygens (including phenoxy) is 4. The molecule has 45 heavy (non-hydrogen) atoms. The molecule has 5 rings (SSSR count). The summed E-state index contributed by atoms with van der Waals surface area (Å²) in [4.78, 5) is 35.7. The number of hydrogen-bond acceptors (Lipinski definition) is 8. The molecule has 9 nitrogen and oxygen atoms in total. The van der Waals surface area contributed by atoms with Gasteiger partial charge in [0, 0.05) is 56.4 Å². The number of methoxy groups -OCH3 is 2. The molecule has 0 aliphatic rings. The first-order valence-corrected chi connectivity index (χ1v) is 14.0. The molecule has 0 aliphatic heterocycles. The van der Waals surface area contributed by atoms with Crippen LogP contribution in [0.5, 0.6) is 23.1 Å². The third-order valence-electron chi connectivity index (χ3n) is 7.38. The SMILES string of the molecule is COCCOc1nc2c(Oc3ccc(CC(=O)c4cn(C)c(C)c(-c5ccc(F)cc5C)c4=O)cc3F)ccnc2cc1OC. The molecule has 3 heterocycles. The van der Waals surface area contributed by atoms with E-state index in [4.69, 9.17) is 18.9 Å². The van der Waals surface area contributed by atoms with Crippen LogP contribution in [-0.4, -0.2) is 47.8 Å². The lowest BCUT2D eigenvalue weighted by atomic mass is 9.95. The molecule has 2 aromatic carbocycles. The third-order valence-corrected chi connectivity index (χ3v) is 7.38. The highest BCUT2D eigenvalue weighted by Gasteiger charge is 2.21. The second-order valence-corrected chi connectivity index (χ2v) is 10.4. The molecule has 11 heteroatoms. The van der Waals surface area contributed by atoms with Crippen LogP contribution in [0.4, 0.5) is 8.78 Å². The second kappa shape index (κ2) is 13.2. The van der Waals surface area contributed by atoms with Gasteiger partial charge in [0.05, 0.1) is 24.8 Å². The van der Waals surface area contributed by atoms with Crippen molar-refractivity contribution in [3.05, 3.63) is 105 Å². The Kier molecular flexibility index (Phi) is 9.19. The summed E-state index contributed by atoms with van der Waals surface area (Å²) in [7, 11) is 4.76. The first-order chi connectivity index (χ1) is 21.6. The third kappa shape index (κ3) is 6.53. The van der Waals surface area contributed by atoms with Gasteiger partial charge in [0.25, 0.3) is 5.88 Å². The van der Waals surface area contributed by atoms with Crippen molar-refractivity contribution in [2.75, 3.05) is 27.4 Å². The zero-order valence-electron chi connectivity index (χ0n) is 25.4. The van der Waals surface area contributed by atoms with E-state index in [-0.39, 0.29) is 36.0 Å². The van der Waals surface area contributed by atoms with Crippen molar-refractivity contribution in [2.45, 2.75) is 20.3 Å². The lowest BCUT2D eigenvalue weighted by Gasteiger charge is -2.15. The topological polar surface area (TPSA) is 102 Å². The average molecular weight is 616 g/mol. The van der Waals surface area contributed by atoms with Gasteiger partial charge in [0.15, 0.2) is 34.3 Å². The maximum absolute atomic E-state index is 15.3. The van der Waals surface area contributed by atoms with E-state index in [1.165, 1.54) is 49.8 Å². The van der Waals surface area contributed by atoms with E-state index in [9.17, 15) is 14.0 Å². The molecule has 232 valence electrons. The molecule has 0 radical (unpaired) electrons. The molecule has 0 bridgehead atoms. The Bertz CT molecular complexity index is 1980. The Balaban J connectivity index is 1.41. The van der Waals surface area contributed by atoms with E-state index in [2.05, 4.69) is 9.97 Å². The van der Waals surface area contributed by atoms with E-state index >= 15 is 4.39 Å². The number of Topliss-reactive ketones (excluding diaryl/α,β-unsaturated/α-hetero) is 1. The molecule has 0 saturated heterocycles. The van der Waals surface area contributed by atoms with E-state index in [1.54, 1.807) is 50.8 Å². The monoisotopic (exact) mass is 615 g/mol. The predicted molar refractivity (Wildman–Crippen MR) is 165 cm³/mol. The van der Waals surface area contributed by atoms with Crippen molar-refractivity contribution in [1.82, 2.24) is 14.5 Å². The zero-order chi connectivity index (χ0) is 32.2. The van der Waals surface area contributed by atoms with Gasteiger partial charge in [-0.3, -0.25) is 14.6 Å². The van der Waals surface area contributed by atoms with Crippen LogP contribution in [0.25, 0.3) is 22.2 Å². The summed E-state index contributed by atoms with van der Waals surface area (Å²) in [5, 5.41) is 0. The number of aromatic nitrogens is 3. The molecule has 0 N–H and O–H groups in total. The average Bonchev–Trinajstić information content (AvgIpc) is 3.01. The molecule has 5 aromatic rings. The highest BCUT2D eigenvalue weighted by molar-refractivity contribution is 5.98. The number of carbonyl (C=O) groups is 1. The predicted octanol–water partition coefficient (Wildman–Crippen LogP) is 6.14. The number of pyridine rings is 3. The van der Waals surface area contributed by atoms with Crippen molar-refractivity contribution in [3.8, 4) is 34.3 Å². The van der Waals surface area contributed by atoms with Gasteiger partial charge < -0.3 is 23.5 Å². The molecule has 0 aliphatic carbocycles. The van der Waals surface area contributed by atoms with E-state index in [0.717, 1.165) is 0 Å². The maximum Gasteiger partial charge on any atom is 0.257 e. The Morgan fingerprint density at radius 1 is 0.956 bits per heavy atom. The number of carbonyl (C=O) groups excluding carboxylic acids is 1. The van der Waals surface area contributed by atoms with Gasteiger partial charge in [-0.15, -0.1) is 0 Å². The number of halogens is 2. The van der Waals surface area contributed by atoms with Gasteiger partial charge in [0.1, 0.15) is 17.9 Å². The highest BCUT2D eigenvalue weighted by Crippen LogP contribution is 2.35. The van der Waals surface area contributed by atoms with Gasteiger partial charge in [-0.05, 0) is 54.8 Å². The molecular formula is C34H31F2N3O6. The van der Waals surface area contributed by atoms with Crippen molar-refractivity contribution in [1.29, 1.82) is 0 Å². The van der Waals surface area contributed by atoms with E-state index in [1.807, 2.05) is 0 Å². The molecule has 0 atom stereocenters. The summed E-state index contributed by atoms with van der Waals surface area (Å²) < 4.78 is 52.7. The molecule has 0 spiro atoms. The Labute approximate surface area is 258 Å². The quantitative estimate of drug-likeness (QED) is 0.129. The minimum atomic E-state index is -0.713. The molecule has 3 aromatic heterocycles. The Morgan fingerprint density at radius 2 is 1.76 bits per heavy atom. The van der Waals surface area contributed by atoms with Crippen LogP contribution in [0.1, 0.15) is 27.2 Å². The summed E-state index contributed by atoms with van der Waals surface area (Å²) in [6.45, 7) is 4.04. The summed E-state index contributed by atoms with van der Waals surface area (Å²) in [6.07, 6.45) is 2.75. The lowest BCUT2D eigenvalue weighted by molar-refractivity contribution is 0.0991. The first-order valence-electron chi connectivity index (χ1n) is 14.0. The fourth-order valence-electron chi connectivity index (χ4n) is 4.95. The van der Waals surface area contributed by atoms with Gasteiger partial charge in [-0.2, -0.15) is 0 Å². The minimum Gasteiger partial charge on any atom is -0.491 e. The number of fused-ring (bicyclic) bond motifs is 1. The summed E-state index contributed by atoms with van der Waals surface area (Å²) in [6, 6.07) is 11.5. The normalized spacial score (nSPS) is 11.1. The number of hydrogen-bond donors (Lipinski definition) is 0. The van der Waals surface area contributed by atoms with Crippen molar-refractivity contribution in [2.24, 2.45) is 7.05 Å².